The maximum Gasteiger partial charge on any atom is 0.100 e. The van der Waals surface area contributed by atoms with E-state index in [1.807, 2.05) is 36.4 Å². The minimum absolute atomic E-state index is 0.552. The quantitative estimate of drug-likeness (QED) is 0.587. The van der Waals surface area contributed by atoms with E-state index >= 15 is 0 Å². The predicted molar refractivity (Wildman–Crippen MR) is 68.5 cm³/mol. The maximum atomic E-state index is 9.26. The Labute approximate surface area is 101 Å². The number of nitrogens with zero attached hydrogens (tertiary/aromatic N) is 1. The largest absolute Gasteiger partial charge is 0.501 e. The van der Waals surface area contributed by atoms with Crippen LogP contribution in [0.4, 0.5) is 0 Å². The second-order valence-electron chi connectivity index (χ2n) is 3.72. The Kier molecular flexibility index (Phi) is 3.42. The Balaban J connectivity index is 2.43. The Morgan fingerprint density at radius 2 is 2.06 bits per heavy atom. The first-order valence-corrected chi connectivity index (χ1v) is 5.50. The Morgan fingerprint density at radius 3 is 2.82 bits per heavy atom. The first-order valence-electron chi connectivity index (χ1n) is 5.50. The zero-order valence-electron chi connectivity index (χ0n) is 9.52. The SMILES string of the molecule is C=COCCc1ccc2ccccc2c1C#N. The minimum atomic E-state index is 0.552. The highest BCUT2D eigenvalue weighted by Gasteiger charge is 2.06. The van der Waals surface area contributed by atoms with E-state index in [1.54, 1.807) is 0 Å². The molecule has 17 heavy (non-hydrogen) atoms. The summed E-state index contributed by atoms with van der Waals surface area (Å²) in [6, 6.07) is 14.2. The monoisotopic (exact) mass is 223 g/mol. The average Bonchev–Trinajstić information content (AvgIpc) is 2.38. The van der Waals surface area contributed by atoms with Crippen molar-refractivity contribution in [3.8, 4) is 6.07 Å². The van der Waals surface area contributed by atoms with Gasteiger partial charge in [0, 0.05) is 6.42 Å². The van der Waals surface area contributed by atoms with Gasteiger partial charge in [0.1, 0.15) is 6.07 Å². The van der Waals surface area contributed by atoms with E-state index in [0.717, 1.165) is 28.3 Å². The van der Waals surface area contributed by atoms with Gasteiger partial charge in [0.25, 0.3) is 0 Å². The molecule has 0 saturated carbocycles. The van der Waals surface area contributed by atoms with Crippen molar-refractivity contribution in [3.63, 3.8) is 0 Å². The molecule has 0 bridgehead atoms. The number of nitriles is 1. The minimum Gasteiger partial charge on any atom is -0.501 e. The normalized spacial score (nSPS) is 9.82. The molecule has 0 aliphatic carbocycles. The van der Waals surface area contributed by atoms with Gasteiger partial charge < -0.3 is 4.74 Å². The third-order valence-electron chi connectivity index (χ3n) is 2.73. The molecule has 0 N–H and O–H groups in total. The van der Waals surface area contributed by atoms with Crippen LogP contribution in [0.15, 0.2) is 49.2 Å². The summed E-state index contributed by atoms with van der Waals surface area (Å²) in [6.45, 7) is 4.05. The van der Waals surface area contributed by atoms with Gasteiger partial charge in [0.05, 0.1) is 18.4 Å². The topological polar surface area (TPSA) is 33.0 Å². The van der Waals surface area contributed by atoms with Gasteiger partial charge in [-0.15, -0.1) is 0 Å². The fourth-order valence-corrected chi connectivity index (χ4v) is 1.91. The van der Waals surface area contributed by atoms with Crippen LogP contribution in [0.25, 0.3) is 10.8 Å². The molecule has 2 aromatic rings. The van der Waals surface area contributed by atoms with Crippen molar-refractivity contribution >= 4 is 10.8 Å². The lowest BCUT2D eigenvalue weighted by Gasteiger charge is -2.07. The summed E-state index contributed by atoms with van der Waals surface area (Å²) >= 11 is 0. The molecule has 0 amide bonds. The van der Waals surface area contributed by atoms with E-state index in [-0.39, 0.29) is 0 Å². The second kappa shape index (κ2) is 5.18. The molecule has 0 aliphatic heterocycles. The molecular weight excluding hydrogens is 210 g/mol. The van der Waals surface area contributed by atoms with Gasteiger partial charge in [-0.05, 0) is 16.3 Å². The third-order valence-corrected chi connectivity index (χ3v) is 2.73. The van der Waals surface area contributed by atoms with E-state index < -0.39 is 0 Å². The number of fused-ring (bicyclic) bond motifs is 1. The Morgan fingerprint density at radius 1 is 1.24 bits per heavy atom. The third kappa shape index (κ3) is 2.29. The van der Waals surface area contributed by atoms with E-state index in [2.05, 4.69) is 12.6 Å². The first-order chi connectivity index (χ1) is 8.36. The molecule has 0 radical (unpaired) electrons. The highest BCUT2D eigenvalue weighted by molar-refractivity contribution is 5.89. The molecular formula is C15H13NO. The lowest BCUT2D eigenvalue weighted by atomic mass is 9.98. The number of hydrogen-bond acceptors (Lipinski definition) is 2. The van der Waals surface area contributed by atoms with Crippen molar-refractivity contribution in [1.29, 1.82) is 5.26 Å². The predicted octanol–water partition coefficient (Wildman–Crippen LogP) is 3.41. The molecule has 0 aromatic heterocycles. The number of rotatable bonds is 4. The van der Waals surface area contributed by atoms with Crippen LogP contribution in [0, 0.1) is 11.3 Å². The van der Waals surface area contributed by atoms with E-state index in [0.29, 0.717) is 6.61 Å². The van der Waals surface area contributed by atoms with Crippen LogP contribution in [-0.2, 0) is 11.2 Å². The molecule has 2 aromatic carbocycles. The molecule has 0 heterocycles. The van der Waals surface area contributed by atoms with Gasteiger partial charge in [-0.1, -0.05) is 43.0 Å². The summed E-state index contributed by atoms with van der Waals surface area (Å²) < 4.78 is 5.10. The molecule has 0 spiro atoms. The Hall–Kier alpha value is -2.27. The average molecular weight is 223 g/mol. The molecule has 0 unspecified atom stereocenters. The lowest BCUT2D eigenvalue weighted by molar-refractivity contribution is 0.255. The summed E-state index contributed by atoms with van der Waals surface area (Å²) in [4.78, 5) is 0. The van der Waals surface area contributed by atoms with Crippen molar-refractivity contribution in [2.45, 2.75) is 6.42 Å². The van der Waals surface area contributed by atoms with Crippen LogP contribution in [-0.4, -0.2) is 6.61 Å². The van der Waals surface area contributed by atoms with Crippen LogP contribution in [0.2, 0.25) is 0 Å². The van der Waals surface area contributed by atoms with Gasteiger partial charge in [-0.25, -0.2) is 0 Å². The fraction of sp³-hybridized carbons (Fsp3) is 0.133. The van der Waals surface area contributed by atoms with Crippen LogP contribution in [0.5, 0.6) is 0 Å². The molecule has 84 valence electrons. The van der Waals surface area contributed by atoms with Gasteiger partial charge >= 0.3 is 0 Å². The van der Waals surface area contributed by atoms with Crippen LogP contribution >= 0.6 is 0 Å². The van der Waals surface area contributed by atoms with E-state index in [4.69, 9.17) is 4.74 Å². The summed E-state index contributed by atoms with van der Waals surface area (Å²) in [7, 11) is 0. The van der Waals surface area contributed by atoms with Crippen LogP contribution in [0.3, 0.4) is 0 Å². The van der Waals surface area contributed by atoms with E-state index in [9.17, 15) is 5.26 Å². The number of ether oxygens (including phenoxy) is 1. The number of hydrogen-bond donors (Lipinski definition) is 0. The summed E-state index contributed by atoms with van der Waals surface area (Å²) in [5.74, 6) is 0. The molecule has 2 nitrogen and oxygen atoms in total. The highest BCUT2D eigenvalue weighted by atomic mass is 16.5. The van der Waals surface area contributed by atoms with E-state index in [1.165, 1.54) is 6.26 Å². The summed E-state index contributed by atoms with van der Waals surface area (Å²) in [5.41, 5.74) is 1.77. The van der Waals surface area contributed by atoms with Gasteiger partial charge in [-0.3, -0.25) is 0 Å². The van der Waals surface area contributed by atoms with Gasteiger partial charge in [-0.2, -0.15) is 5.26 Å². The van der Waals surface area contributed by atoms with Crippen molar-refractivity contribution in [3.05, 3.63) is 60.4 Å². The van der Waals surface area contributed by atoms with Crippen molar-refractivity contribution < 1.29 is 4.74 Å². The lowest BCUT2D eigenvalue weighted by Crippen LogP contribution is -1.97. The maximum absolute atomic E-state index is 9.26. The zero-order valence-corrected chi connectivity index (χ0v) is 9.52. The molecule has 0 saturated heterocycles. The summed E-state index contributed by atoms with van der Waals surface area (Å²) in [5, 5.41) is 11.4. The molecule has 0 aliphatic rings. The summed E-state index contributed by atoms with van der Waals surface area (Å²) in [6.07, 6.45) is 2.15. The number of benzene rings is 2. The van der Waals surface area contributed by atoms with Crippen LogP contribution < -0.4 is 0 Å². The van der Waals surface area contributed by atoms with Crippen LogP contribution in [0.1, 0.15) is 11.1 Å². The molecule has 0 fully saturated rings. The van der Waals surface area contributed by atoms with Crippen molar-refractivity contribution in [2.75, 3.05) is 6.61 Å². The molecule has 0 atom stereocenters. The zero-order chi connectivity index (χ0) is 12.1. The second-order valence-corrected chi connectivity index (χ2v) is 3.72. The van der Waals surface area contributed by atoms with Gasteiger partial charge in [0.2, 0.25) is 0 Å². The van der Waals surface area contributed by atoms with Crippen molar-refractivity contribution in [1.82, 2.24) is 0 Å². The molecule has 2 rings (SSSR count). The fourth-order valence-electron chi connectivity index (χ4n) is 1.91. The smallest absolute Gasteiger partial charge is 0.100 e. The highest BCUT2D eigenvalue weighted by Crippen LogP contribution is 2.22. The van der Waals surface area contributed by atoms with Gasteiger partial charge in [0.15, 0.2) is 0 Å². The molecule has 2 heteroatoms. The first kappa shape index (κ1) is 11.2. The standard InChI is InChI=1S/C15H13NO/c1-2-17-10-9-13-8-7-12-5-3-4-6-14(12)15(13)11-16/h2-8H,1,9-10H2. The Bertz CT molecular complexity index is 581. The van der Waals surface area contributed by atoms with Crippen molar-refractivity contribution in [2.24, 2.45) is 0 Å².